The number of carbonyl (C=O) groups is 2. The smallest absolute Gasteiger partial charge is 0.253 e. The van der Waals surface area contributed by atoms with Crippen LogP contribution in [0.25, 0.3) is 0 Å². The predicted molar refractivity (Wildman–Crippen MR) is 109 cm³/mol. The summed E-state index contributed by atoms with van der Waals surface area (Å²) in [4.78, 5) is 27.3. The first-order valence-electron chi connectivity index (χ1n) is 9.73. The number of hydrogen-bond acceptors (Lipinski definition) is 4. The molecule has 6 heteroatoms. The van der Waals surface area contributed by atoms with E-state index in [1.807, 2.05) is 18.2 Å². The number of ether oxygens (including phenoxy) is 1. The van der Waals surface area contributed by atoms with E-state index < -0.39 is 5.54 Å². The van der Waals surface area contributed by atoms with Gasteiger partial charge in [0.1, 0.15) is 0 Å². The minimum absolute atomic E-state index is 0.0517. The van der Waals surface area contributed by atoms with E-state index in [9.17, 15) is 9.59 Å². The Hall–Kier alpha value is -3.17. The lowest BCUT2D eigenvalue weighted by Gasteiger charge is -2.42. The molecular weight excluding hydrogens is 366 g/mol. The molecule has 150 valence electrons. The molecule has 6 nitrogen and oxygen atoms in total. The molecule has 3 rings (SSSR count). The van der Waals surface area contributed by atoms with Crippen LogP contribution in [0.15, 0.2) is 54.6 Å². The molecule has 29 heavy (non-hydrogen) atoms. The Labute approximate surface area is 171 Å². The summed E-state index contributed by atoms with van der Waals surface area (Å²) < 4.78 is 5.26. The molecule has 0 aromatic heterocycles. The number of carbonyl (C=O) groups excluding carboxylic acids is 2. The molecule has 0 saturated carbocycles. The molecular formula is C23H25N3O3. The van der Waals surface area contributed by atoms with Gasteiger partial charge in [0, 0.05) is 43.5 Å². The summed E-state index contributed by atoms with van der Waals surface area (Å²) in [6.45, 7) is 1.65. The Bertz CT molecular complexity index is 880. The van der Waals surface area contributed by atoms with Crippen LogP contribution >= 0.6 is 0 Å². The number of nitrogens with zero attached hydrogens (tertiary/aromatic N) is 2. The van der Waals surface area contributed by atoms with Crippen LogP contribution in [-0.2, 0) is 4.74 Å². The summed E-state index contributed by atoms with van der Waals surface area (Å²) in [6, 6.07) is 17.9. The second kappa shape index (κ2) is 9.35. The zero-order chi connectivity index (χ0) is 20.7. The van der Waals surface area contributed by atoms with E-state index in [2.05, 4.69) is 11.4 Å². The Morgan fingerprint density at radius 3 is 2.31 bits per heavy atom. The summed E-state index contributed by atoms with van der Waals surface area (Å²) in [5.41, 5.74) is 1.33. The molecule has 2 aromatic rings. The number of nitrogens with one attached hydrogen (secondary N) is 1. The number of amides is 2. The second-order valence-corrected chi connectivity index (χ2v) is 7.32. The predicted octanol–water partition coefficient (Wildman–Crippen LogP) is 3.00. The molecule has 1 heterocycles. The highest BCUT2D eigenvalue weighted by atomic mass is 16.5. The van der Waals surface area contributed by atoms with Crippen molar-refractivity contribution in [3.05, 3.63) is 71.3 Å². The Balaban J connectivity index is 1.67. The van der Waals surface area contributed by atoms with Crippen LogP contribution in [0.4, 0.5) is 0 Å². The summed E-state index contributed by atoms with van der Waals surface area (Å²) in [5, 5.41) is 12.1. The van der Waals surface area contributed by atoms with E-state index in [-0.39, 0.29) is 11.8 Å². The number of methoxy groups -OCH3 is 1. The van der Waals surface area contributed by atoms with Gasteiger partial charge in [-0.05, 0) is 55.7 Å². The number of likely N-dealkylation sites (tertiary alicyclic amines) is 1. The van der Waals surface area contributed by atoms with Crippen LogP contribution in [0.1, 0.15) is 45.5 Å². The number of nitriles is 1. The van der Waals surface area contributed by atoms with Crippen LogP contribution < -0.4 is 5.32 Å². The molecule has 0 atom stereocenters. The lowest BCUT2D eigenvalue weighted by Crippen LogP contribution is -2.56. The minimum Gasteiger partial charge on any atom is -0.385 e. The van der Waals surface area contributed by atoms with Gasteiger partial charge in [0.2, 0.25) is 0 Å². The third kappa shape index (κ3) is 5.01. The Morgan fingerprint density at radius 2 is 1.72 bits per heavy atom. The van der Waals surface area contributed by atoms with Gasteiger partial charge >= 0.3 is 0 Å². The van der Waals surface area contributed by atoms with Crippen molar-refractivity contribution in [3.8, 4) is 6.07 Å². The summed E-state index contributed by atoms with van der Waals surface area (Å²) in [6.07, 6.45) is 2.02. The van der Waals surface area contributed by atoms with Gasteiger partial charge in [-0.15, -0.1) is 0 Å². The first-order chi connectivity index (χ1) is 14.1. The average molecular weight is 391 g/mol. The van der Waals surface area contributed by atoms with Crippen LogP contribution in [-0.4, -0.2) is 49.1 Å². The van der Waals surface area contributed by atoms with E-state index in [0.29, 0.717) is 55.6 Å². The van der Waals surface area contributed by atoms with Crippen molar-refractivity contribution in [2.24, 2.45) is 0 Å². The first-order valence-corrected chi connectivity index (χ1v) is 9.73. The van der Waals surface area contributed by atoms with Crippen LogP contribution in [0.3, 0.4) is 0 Å². The average Bonchev–Trinajstić information content (AvgIpc) is 2.78. The van der Waals surface area contributed by atoms with E-state index in [0.717, 1.165) is 0 Å². The third-order valence-corrected chi connectivity index (χ3v) is 5.47. The monoisotopic (exact) mass is 391 g/mol. The number of hydrogen-bond donors (Lipinski definition) is 1. The highest BCUT2D eigenvalue weighted by Crippen LogP contribution is 2.27. The van der Waals surface area contributed by atoms with Crippen LogP contribution in [0.2, 0.25) is 0 Å². The number of benzene rings is 2. The zero-order valence-corrected chi connectivity index (χ0v) is 16.6. The van der Waals surface area contributed by atoms with Crippen molar-refractivity contribution in [1.82, 2.24) is 10.2 Å². The van der Waals surface area contributed by atoms with Crippen LogP contribution in [0.5, 0.6) is 0 Å². The van der Waals surface area contributed by atoms with Gasteiger partial charge in [-0.3, -0.25) is 9.59 Å². The molecule has 1 aliphatic heterocycles. The lowest BCUT2D eigenvalue weighted by molar-refractivity contribution is 0.0559. The maximum atomic E-state index is 12.8. The topological polar surface area (TPSA) is 82.4 Å². The highest BCUT2D eigenvalue weighted by Gasteiger charge is 2.37. The van der Waals surface area contributed by atoms with Gasteiger partial charge < -0.3 is 15.0 Å². The van der Waals surface area contributed by atoms with E-state index >= 15 is 0 Å². The molecule has 0 aliphatic carbocycles. The molecule has 0 unspecified atom stereocenters. The molecule has 2 aromatic carbocycles. The van der Waals surface area contributed by atoms with Gasteiger partial charge in [-0.25, -0.2) is 0 Å². The molecule has 0 radical (unpaired) electrons. The van der Waals surface area contributed by atoms with Crippen molar-refractivity contribution in [2.75, 3.05) is 26.8 Å². The number of piperidine rings is 1. The normalized spacial score (nSPS) is 15.4. The Kier molecular flexibility index (Phi) is 6.63. The maximum Gasteiger partial charge on any atom is 0.253 e. The van der Waals surface area contributed by atoms with Crippen molar-refractivity contribution in [2.45, 2.75) is 24.8 Å². The van der Waals surface area contributed by atoms with Crippen molar-refractivity contribution in [3.63, 3.8) is 0 Å². The largest absolute Gasteiger partial charge is 0.385 e. The fourth-order valence-electron chi connectivity index (χ4n) is 3.65. The third-order valence-electron chi connectivity index (χ3n) is 5.47. The fraction of sp³-hybridized carbons (Fsp3) is 0.348. The van der Waals surface area contributed by atoms with Crippen LogP contribution in [0, 0.1) is 11.3 Å². The molecule has 1 N–H and O–H groups in total. The first kappa shape index (κ1) is 20.6. The Morgan fingerprint density at radius 1 is 1.07 bits per heavy atom. The molecule has 1 fully saturated rings. The molecule has 0 spiro atoms. The summed E-state index contributed by atoms with van der Waals surface area (Å²) in [7, 11) is 1.65. The van der Waals surface area contributed by atoms with Gasteiger partial charge in [0.05, 0.1) is 11.6 Å². The second-order valence-electron chi connectivity index (χ2n) is 7.32. The van der Waals surface area contributed by atoms with Gasteiger partial charge in [-0.1, -0.05) is 18.2 Å². The van der Waals surface area contributed by atoms with Crippen molar-refractivity contribution >= 4 is 11.8 Å². The molecule has 1 aliphatic rings. The standard InChI is InChI=1S/C23H25N3O3/c1-29-16-13-23(25-21(27)19-5-3-2-4-6-19)11-14-26(15-12-23)22(28)20-9-7-18(17-24)8-10-20/h2-10H,11-16H2,1H3,(H,25,27). The van der Waals surface area contributed by atoms with Gasteiger partial charge in [0.25, 0.3) is 11.8 Å². The molecule has 2 amide bonds. The fourth-order valence-corrected chi connectivity index (χ4v) is 3.65. The molecule has 1 saturated heterocycles. The lowest BCUT2D eigenvalue weighted by atomic mass is 9.84. The van der Waals surface area contributed by atoms with Crippen molar-refractivity contribution < 1.29 is 14.3 Å². The van der Waals surface area contributed by atoms with E-state index in [1.165, 1.54) is 0 Å². The van der Waals surface area contributed by atoms with Gasteiger partial charge in [0.15, 0.2) is 0 Å². The van der Waals surface area contributed by atoms with Gasteiger partial charge in [-0.2, -0.15) is 5.26 Å². The highest BCUT2D eigenvalue weighted by molar-refractivity contribution is 5.95. The quantitative estimate of drug-likeness (QED) is 0.821. The minimum atomic E-state index is -0.398. The maximum absolute atomic E-state index is 12.8. The molecule has 0 bridgehead atoms. The summed E-state index contributed by atoms with van der Waals surface area (Å²) >= 11 is 0. The van der Waals surface area contributed by atoms with Crippen molar-refractivity contribution in [1.29, 1.82) is 5.26 Å². The zero-order valence-electron chi connectivity index (χ0n) is 16.6. The number of rotatable bonds is 6. The summed E-state index contributed by atoms with van der Waals surface area (Å²) in [5.74, 6) is -0.155. The van der Waals surface area contributed by atoms with E-state index in [1.54, 1.807) is 48.4 Å². The SMILES string of the molecule is COCCC1(NC(=O)c2ccccc2)CCN(C(=O)c2ccc(C#N)cc2)CC1. The van der Waals surface area contributed by atoms with E-state index in [4.69, 9.17) is 10.00 Å².